The number of nitrogen functional groups attached to an aromatic ring is 1. The quantitative estimate of drug-likeness (QED) is 0.554. The third-order valence-electron chi connectivity index (χ3n) is 3.91. The van der Waals surface area contributed by atoms with Crippen LogP contribution in [0, 0.1) is 11.3 Å². The van der Waals surface area contributed by atoms with Gasteiger partial charge in [0.25, 0.3) is 5.91 Å². The van der Waals surface area contributed by atoms with Crippen LogP contribution >= 0.6 is 11.6 Å². The van der Waals surface area contributed by atoms with E-state index in [1.165, 1.54) is 0 Å². The van der Waals surface area contributed by atoms with E-state index in [9.17, 15) is 4.79 Å². The standard InChI is InChI=1S/C19H22ClN3O/c1-11(2)18(14-6-4-5-7-16(14)20)23-19(24)13-8-9-17(22)15(10-13)12(3)21/h4-11,18,21H,22H2,1-3H3,(H,23,24). The van der Waals surface area contributed by atoms with E-state index in [1.807, 2.05) is 38.1 Å². The lowest BCUT2D eigenvalue weighted by Gasteiger charge is -2.24. The highest BCUT2D eigenvalue weighted by molar-refractivity contribution is 6.31. The van der Waals surface area contributed by atoms with Gasteiger partial charge in [-0.2, -0.15) is 0 Å². The molecule has 1 amide bonds. The number of benzene rings is 2. The molecule has 0 aromatic heterocycles. The molecule has 1 atom stereocenters. The van der Waals surface area contributed by atoms with Crippen molar-refractivity contribution < 1.29 is 4.79 Å². The Morgan fingerprint density at radius 1 is 1.21 bits per heavy atom. The van der Waals surface area contributed by atoms with E-state index in [4.69, 9.17) is 22.7 Å². The highest BCUT2D eigenvalue weighted by Gasteiger charge is 2.21. The van der Waals surface area contributed by atoms with E-state index in [1.54, 1.807) is 25.1 Å². The van der Waals surface area contributed by atoms with Crippen LogP contribution in [0.5, 0.6) is 0 Å². The molecule has 24 heavy (non-hydrogen) atoms. The zero-order valence-electron chi connectivity index (χ0n) is 14.1. The number of nitrogens with two attached hydrogens (primary N) is 1. The predicted molar refractivity (Wildman–Crippen MR) is 99.9 cm³/mol. The van der Waals surface area contributed by atoms with E-state index < -0.39 is 0 Å². The maximum Gasteiger partial charge on any atom is 0.251 e. The molecule has 0 spiro atoms. The van der Waals surface area contributed by atoms with E-state index in [0.717, 1.165) is 5.56 Å². The average Bonchev–Trinajstić information content (AvgIpc) is 2.53. The van der Waals surface area contributed by atoms with Crippen LogP contribution in [0.2, 0.25) is 5.02 Å². The number of carbonyl (C=O) groups excluding carboxylic acids is 1. The van der Waals surface area contributed by atoms with Crippen LogP contribution in [0.4, 0.5) is 5.69 Å². The SMILES string of the molecule is CC(=N)c1cc(C(=O)NC(c2ccccc2Cl)C(C)C)ccc1N. The summed E-state index contributed by atoms with van der Waals surface area (Å²) in [6.45, 7) is 5.71. The molecule has 4 N–H and O–H groups in total. The van der Waals surface area contributed by atoms with E-state index in [-0.39, 0.29) is 17.9 Å². The fourth-order valence-corrected chi connectivity index (χ4v) is 2.83. The Labute approximate surface area is 147 Å². The summed E-state index contributed by atoms with van der Waals surface area (Å²) < 4.78 is 0. The van der Waals surface area contributed by atoms with Gasteiger partial charge in [-0.1, -0.05) is 43.6 Å². The van der Waals surface area contributed by atoms with Gasteiger partial charge in [-0.05, 0) is 42.7 Å². The number of anilines is 1. The number of hydrogen-bond donors (Lipinski definition) is 3. The number of nitrogens with one attached hydrogen (secondary N) is 2. The summed E-state index contributed by atoms with van der Waals surface area (Å²) in [6.07, 6.45) is 0. The first-order valence-electron chi connectivity index (χ1n) is 7.81. The zero-order chi connectivity index (χ0) is 17.9. The van der Waals surface area contributed by atoms with Crippen LogP contribution in [0.1, 0.15) is 48.3 Å². The van der Waals surface area contributed by atoms with Gasteiger partial charge in [0.1, 0.15) is 0 Å². The number of halogens is 1. The summed E-state index contributed by atoms with van der Waals surface area (Å²) in [5.74, 6) is -0.0392. The Bertz CT molecular complexity index is 771. The minimum Gasteiger partial charge on any atom is -0.398 e. The Kier molecular flexibility index (Phi) is 5.62. The maximum absolute atomic E-state index is 12.7. The molecule has 2 rings (SSSR count). The Balaban J connectivity index is 2.31. The van der Waals surface area contributed by atoms with Crippen molar-refractivity contribution in [1.29, 1.82) is 5.41 Å². The summed E-state index contributed by atoms with van der Waals surface area (Å²) >= 11 is 6.28. The molecule has 0 saturated carbocycles. The fourth-order valence-electron chi connectivity index (χ4n) is 2.58. The van der Waals surface area contributed by atoms with Crippen molar-refractivity contribution in [2.45, 2.75) is 26.8 Å². The van der Waals surface area contributed by atoms with Crippen LogP contribution in [0.25, 0.3) is 0 Å². The molecule has 0 radical (unpaired) electrons. The molecule has 0 bridgehead atoms. The number of amides is 1. The van der Waals surface area contributed by atoms with Crippen molar-refractivity contribution in [3.8, 4) is 0 Å². The van der Waals surface area contributed by atoms with Crippen molar-refractivity contribution in [1.82, 2.24) is 5.32 Å². The summed E-state index contributed by atoms with van der Waals surface area (Å²) in [5.41, 5.74) is 8.62. The van der Waals surface area contributed by atoms with Gasteiger partial charge in [0.05, 0.1) is 6.04 Å². The van der Waals surface area contributed by atoms with Crippen LogP contribution in [0.3, 0.4) is 0 Å². The number of hydrogen-bond acceptors (Lipinski definition) is 3. The summed E-state index contributed by atoms with van der Waals surface area (Å²) in [5, 5.41) is 11.4. The lowest BCUT2D eigenvalue weighted by atomic mass is 9.95. The normalized spacial score (nSPS) is 12.0. The molecule has 5 heteroatoms. The van der Waals surface area contributed by atoms with Crippen LogP contribution in [-0.4, -0.2) is 11.6 Å². The van der Waals surface area contributed by atoms with Crippen molar-refractivity contribution in [2.24, 2.45) is 5.92 Å². The molecular formula is C19H22ClN3O. The highest BCUT2D eigenvalue weighted by atomic mass is 35.5. The topological polar surface area (TPSA) is 79.0 Å². The van der Waals surface area contributed by atoms with Crippen molar-refractivity contribution in [2.75, 3.05) is 5.73 Å². The molecule has 2 aromatic rings. The molecular weight excluding hydrogens is 322 g/mol. The lowest BCUT2D eigenvalue weighted by molar-refractivity contribution is 0.0925. The highest BCUT2D eigenvalue weighted by Crippen LogP contribution is 2.28. The van der Waals surface area contributed by atoms with Gasteiger partial charge in [-0.3, -0.25) is 4.79 Å². The number of carbonyl (C=O) groups is 1. The van der Waals surface area contributed by atoms with Gasteiger partial charge in [-0.15, -0.1) is 0 Å². The molecule has 0 aliphatic heterocycles. The summed E-state index contributed by atoms with van der Waals surface area (Å²) in [7, 11) is 0. The van der Waals surface area contributed by atoms with Crippen LogP contribution in [0.15, 0.2) is 42.5 Å². The van der Waals surface area contributed by atoms with E-state index in [2.05, 4.69) is 5.32 Å². The molecule has 0 saturated heterocycles. The Hall–Kier alpha value is -2.33. The lowest BCUT2D eigenvalue weighted by Crippen LogP contribution is -2.32. The zero-order valence-corrected chi connectivity index (χ0v) is 14.8. The third-order valence-corrected chi connectivity index (χ3v) is 4.26. The predicted octanol–water partition coefficient (Wildman–Crippen LogP) is 4.44. The molecule has 0 fully saturated rings. The van der Waals surface area contributed by atoms with E-state index in [0.29, 0.717) is 27.5 Å². The maximum atomic E-state index is 12.7. The molecule has 0 heterocycles. The second kappa shape index (κ2) is 7.49. The molecule has 0 aliphatic rings. The van der Waals surface area contributed by atoms with Crippen LogP contribution in [-0.2, 0) is 0 Å². The minimum atomic E-state index is -0.212. The molecule has 2 aromatic carbocycles. The third kappa shape index (κ3) is 3.95. The number of rotatable bonds is 5. The summed E-state index contributed by atoms with van der Waals surface area (Å²) in [4.78, 5) is 12.7. The average molecular weight is 344 g/mol. The largest absolute Gasteiger partial charge is 0.398 e. The molecule has 4 nitrogen and oxygen atoms in total. The van der Waals surface area contributed by atoms with E-state index >= 15 is 0 Å². The molecule has 1 unspecified atom stereocenters. The van der Waals surface area contributed by atoms with Gasteiger partial charge in [0.2, 0.25) is 0 Å². The van der Waals surface area contributed by atoms with Crippen LogP contribution < -0.4 is 11.1 Å². The van der Waals surface area contributed by atoms with Gasteiger partial charge in [0, 0.05) is 27.5 Å². The van der Waals surface area contributed by atoms with Crippen molar-refractivity contribution in [3.63, 3.8) is 0 Å². The first kappa shape index (κ1) is 18.0. The smallest absolute Gasteiger partial charge is 0.251 e. The minimum absolute atomic E-state index is 0.173. The first-order chi connectivity index (χ1) is 11.3. The second-order valence-corrected chi connectivity index (χ2v) is 6.55. The molecule has 126 valence electrons. The van der Waals surface area contributed by atoms with Gasteiger partial charge in [-0.25, -0.2) is 0 Å². The monoisotopic (exact) mass is 343 g/mol. The Morgan fingerprint density at radius 3 is 2.46 bits per heavy atom. The van der Waals surface area contributed by atoms with Crippen molar-refractivity contribution >= 4 is 28.9 Å². The second-order valence-electron chi connectivity index (χ2n) is 6.14. The van der Waals surface area contributed by atoms with Gasteiger partial charge >= 0.3 is 0 Å². The fraction of sp³-hybridized carbons (Fsp3) is 0.263. The van der Waals surface area contributed by atoms with Gasteiger partial charge in [0.15, 0.2) is 0 Å². The van der Waals surface area contributed by atoms with Gasteiger partial charge < -0.3 is 16.5 Å². The summed E-state index contributed by atoms with van der Waals surface area (Å²) in [6, 6.07) is 12.3. The first-order valence-corrected chi connectivity index (χ1v) is 8.19. The Morgan fingerprint density at radius 2 is 1.88 bits per heavy atom. The molecule has 0 aliphatic carbocycles. The van der Waals surface area contributed by atoms with Crippen molar-refractivity contribution in [3.05, 3.63) is 64.2 Å².